The molecule has 0 spiro atoms. The third kappa shape index (κ3) is 4.70. The number of hydrogen-bond donors (Lipinski definition) is 0. The smallest absolute Gasteiger partial charge is 0.405 e. The summed E-state index contributed by atoms with van der Waals surface area (Å²) in [5, 5.41) is 0. The van der Waals surface area contributed by atoms with E-state index in [9.17, 15) is 18.0 Å². The monoisotopic (exact) mass is 414 g/mol. The Bertz CT molecular complexity index is 761. The molecule has 1 aromatic carbocycles. The molecule has 2 fully saturated rings. The van der Waals surface area contributed by atoms with E-state index in [4.69, 9.17) is 9.31 Å². The van der Waals surface area contributed by atoms with Gasteiger partial charge in [0.05, 0.1) is 16.8 Å². The summed E-state index contributed by atoms with van der Waals surface area (Å²) in [5.74, 6) is -1.04. The van der Waals surface area contributed by atoms with Gasteiger partial charge in [-0.05, 0) is 52.3 Å². The van der Waals surface area contributed by atoms with E-state index in [-0.39, 0.29) is 5.56 Å². The molecule has 10 heteroatoms. The van der Waals surface area contributed by atoms with Crippen molar-refractivity contribution in [1.29, 1.82) is 0 Å². The molecule has 29 heavy (non-hydrogen) atoms. The number of benzene rings is 1. The van der Waals surface area contributed by atoms with Gasteiger partial charge in [0.1, 0.15) is 5.75 Å². The maximum atomic E-state index is 13.0. The van der Waals surface area contributed by atoms with E-state index in [1.54, 1.807) is 6.07 Å². The zero-order chi connectivity index (χ0) is 21.6. The molecule has 0 aromatic heterocycles. The van der Waals surface area contributed by atoms with Gasteiger partial charge in [-0.15, -0.1) is 13.2 Å². The first-order chi connectivity index (χ1) is 13.3. The topological polar surface area (TPSA) is 51.2 Å². The number of alkyl halides is 3. The van der Waals surface area contributed by atoms with Gasteiger partial charge in [-0.3, -0.25) is 4.79 Å². The standard InChI is InChI=1S/C19H26BF3N2O4/c1-17(2)18(3,4)29-20(28-17)13-6-7-14(15(12-13)27-19(21,22)23)16(26)25-10-8-24(5)9-11-25/h6-7,12H,8-11H2,1-5H3. The van der Waals surface area contributed by atoms with E-state index in [1.165, 1.54) is 17.0 Å². The first kappa shape index (κ1) is 21.9. The Morgan fingerprint density at radius 3 is 2.14 bits per heavy atom. The Hall–Kier alpha value is -1.78. The van der Waals surface area contributed by atoms with Gasteiger partial charge in [0.25, 0.3) is 5.91 Å². The highest BCUT2D eigenvalue weighted by Gasteiger charge is 2.52. The highest BCUT2D eigenvalue weighted by molar-refractivity contribution is 6.62. The van der Waals surface area contributed by atoms with Crippen molar-refractivity contribution in [2.24, 2.45) is 0 Å². The van der Waals surface area contributed by atoms with E-state index in [0.29, 0.717) is 31.6 Å². The first-order valence-electron chi connectivity index (χ1n) is 9.52. The quantitative estimate of drug-likeness (QED) is 0.711. The van der Waals surface area contributed by atoms with E-state index in [1.807, 2.05) is 34.7 Å². The largest absolute Gasteiger partial charge is 0.573 e. The number of hydrogen-bond acceptors (Lipinski definition) is 5. The average Bonchev–Trinajstić information content (AvgIpc) is 2.81. The minimum atomic E-state index is -4.92. The molecule has 1 aromatic rings. The van der Waals surface area contributed by atoms with Crippen molar-refractivity contribution in [2.75, 3.05) is 33.2 Å². The van der Waals surface area contributed by atoms with Crippen LogP contribution in [0.2, 0.25) is 0 Å². The molecule has 0 bridgehead atoms. The third-order valence-electron chi connectivity index (χ3n) is 5.78. The Morgan fingerprint density at radius 1 is 1.07 bits per heavy atom. The lowest BCUT2D eigenvalue weighted by molar-refractivity contribution is -0.274. The summed E-state index contributed by atoms with van der Waals surface area (Å²) in [6, 6.07) is 4.08. The molecule has 0 radical (unpaired) electrons. The second-order valence-electron chi connectivity index (χ2n) is 8.49. The van der Waals surface area contributed by atoms with Gasteiger partial charge in [-0.2, -0.15) is 0 Å². The molecule has 3 rings (SSSR count). The SMILES string of the molecule is CN1CCN(C(=O)c2ccc(B3OC(C)(C)C(C)(C)O3)cc2OC(F)(F)F)CC1. The van der Waals surface area contributed by atoms with Gasteiger partial charge in [-0.1, -0.05) is 6.07 Å². The van der Waals surface area contributed by atoms with Crippen LogP contribution in [0.25, 0.3) is 0 Å². The van der Waals surface area contributed by atoms with Crippen molar-refractivity contribution < 1.29 is 32.0 Å². The fraction of sp³-hybridized carbons (Fsp3) is 0.632. The van der Waals surface area contributed by atoms with Gasteiger partial charge in [0.2, 0.25) is 0 Å². The number of likely N-dealkylation sites (N-methyl/N-ethyl adjacent to an activating group) is 1. The van der Waals surface area contributed by atoms with Gasteiger partial charge < -0.3 is 23.8 Å². The molecule has 0 atom stereocenters. The zero-order valence-corrected chi connectivity index (χ0v) is 17.3. The Labute approximate surface area is 169 Å². The number of ether oxygens (including phenoxy) is 1. The van der Waals surface area contributed by atoms with Gasteiger partial charge >= 0.3 is 13.5 Å². The van der Waals surface area contributed by atoms with Crippen LogP contribution in [0, 0.1) is 0 Å². The summed E-state index contributed by atoms with van der Waals surface area (Å²) in [5.41, 5.74) is -1.06. The number of amides is 1. The van der Waals surface area contributed by atoms with Crippen molar-refractivity contribution in [2.45, 2.75) is 45.3 Å². The molecular formula is C19H26BF3N2O4. The van der Waals surface area contributed by atoms with Gasteiger partial charge in [0, 0.05) is 26.2 Å². The van der Waals surface area contributed by atoms with Crippen LogP contribution in [-0.2, 0) is 9.31 Å². The lowest BCUT2D eigenvalue weighted by Gasteiger charge is -2.32. The van der Waals surface area contributed by atoms with E-state index < -0.39 is 36.3 Å². The molecule has 0 unspecified atom stereocenters. The second kappa shape index (κ2) is 7.48. The van der Waals surface area contributed by atoms with Crippen LogP contribution in [0.15, 0.2) is 18.2 Å². The minimum absolute atomic E-state index is 0.132. The molecule has 0 N–H and O–H groups in total. The van der Waals surface area contributed by atoms with Crippen LogP contribution in [-0.4, -0.2) is 73.6 Å². The Kier molecular flexibility index (Phi) is 5.66. The van der Waals surface area contributed by atoms with Crippen LogP contribution < -0.4 is 10.2 Å². The molecule has 6 nitrogen and oxygen atoms in total. The van der Waals surface area contributed by atoms with E-state index in [0.717, 1.165) is 0 Å². The maximum absolute atomic E-state index is 13.0. The molecule has 0 aliphatic carbocycles. The number of rotatable bonds is 3. The molecule has 1 amide bonds. The number of halogens is 3. The predicted molar refractivity (Wildman–Crippen MR) is 102 cm³/mol. The highest BCUT2D eigenvalue weighted by atomic mass is 19.4. The van der Waals surface area contributed by atoms with Crippen LogP contribution in [0.1, 0.15) is 38.1 Å². The molecule has 160 valence electrons. The van der Waals surface area contributed by atoms with Crippen LogP contribution in [0.3, 0.4) is 0 Å². The maximum Gasteiger partial charge on any atom is 0.573 e. The summed E-state index contributed by atoms with van der Waals surface area (Å²) in [6.07, 6.45) is -4.92. The molecule has 2 aliphatic heterocycles. The summed E-state index contributed by atoms with van der Waals surface area (Å²) >= 11 is 0. The zero-order valence-electron chi connectivity index (χ0n) is 17.3. The van der Waals surface area contributed by atoms with E-state index in [2.05, 4.69) is 9.64 Å². The van der Waals surface area contributed by atoms with Gasteiger partial charge in [-0.25, -0.2) is 0 Å². The Morgan fingerprint density at radius 2 is 1.62 bits per heavy atom. The van der Waals surface area contributed by atoms with Crippen LogP contribution >= 0.6 is 0 Å². The molecule has 2 saturated heterocycles. The fourth-order valence-electron chi connectivity index (χ4n) is 3.23. The molecule has 2 heterocycles. The number of piperazine rings is 1. The number of carbonyl (C=O) groups excluding carboxylic acids is 1. The van der Waals surface area contributed by atoms with Gasteiger partial charge in [0.15, 0.2) is 0 Å². The van der Waals surface area contributed by atoms with E-state index >= 15 is 0 Å². The van der Waals surface area contributed by atoms with Crippen molar-refractivity contribution in [1.82, 2.24) is 9.80 Å². The second-order valence-corrected chi connectivity index (χ2v) is 8.49. The Balaban J connectivity index is 1.91. The van der Waals surface area contributed by atoms with Crippen molar-refractivity contribution in [3.8, 4) is 5.75 Å². The molecular weight excluding hydrogens is 388 g/mol. The van der Waals surface area contributed by atoms with Crippen molar-refractivity contribution in [3.63, 3.8) is 0 Å². The van der Waals surface area contributed by atoms with Crippen molar-refractivity contribution in [3.05, 3.63) is 23.8 Å². The fourth-order valence-corrected chi connectivity index (χ4v) is 3.23. The normalized spacial score (nSPS) is 22.1. The predicted octanol–water partition coefficient (Wildman–Crippen LogP) is 2.27. The average molecular weight is 414 g/mol. The molecule has 2 aliphatic rings. The summed E-state index contributed by atoms with van der Waals surface area (Å²) in [7, 11) is 1.07. The lowest BCUT2D eigenvalue weighted by Crippen LogP contribution is -2.47. The number of carbonyl (C=O) groups is 1. The number of nitrogens with zero attached hydrogens (tertiary/aromatic N) is 2. The van der Waals surface area contributed by atoms with Crippen LogP contribution in [0.5, 0.6) is 5.75 Å². The summed E-state index contributed by atoms with van der Waals surface area (Å²) in [4.78, 5) is 16.4. The summed E-state index contributed by atoms with van der Waals surface area (Å²) < 4.78 is 55.1. The minimum Gasteiger partial charge on any atom is -0.405 e. The van der Waals surface area contributed by atoms with Crippen molar-refractivity contribution >= 4 is 18.5 Å². The first-order valence-corrected chi connectivity index (χ1v) is 9.52. The van der Waals surface area contributed by atoms with Crippen LogP contribution in [0.4, 0.5) is 13.2 Å². The highest BCUT2D eigenvalue weighted by Crippen LogP contribution is 2.37. The molecule has 0 saturated carbocycles. The third-order valence-corrected chi connectivity index (χ3v) is 5.78. The lowest BCUT2D eigenvalue weighted by atomic mass is 9.78. The summed E-state index contributed by atoms with van der Waals surface area (Å²) in [6.45, 7) is 9.62.